The van der Waals surface area contributed by atoms with E-state index in [1.807, 2.05) is 32.6 Å². The lowest BCUT2D eigenvalue weighted by Gasteiger charge is -2.50. The molecule has 1 aliphatic carbocycles. The van der Waals surface area contributed by atoms with Gasteiger partial charge in [-0.15, -0.1) is 9.81 Å². The van der Waals surface area contributed by atoms with Crippen LogP contribution in [0.15, 0.2) is 21.6 Å². The van der Waals surface area contributed by atoms with Crippen LogP contribution in [0.25, 0.3) is 0 Å². The first kappa shape index (κ1) is 21.7. The number of hydrogen-bond acceptors (Lipinski definition) is 7. The van der Waals surface area contributed by atoms with Crippen LogP contribution < -0.4 is 0 Å². The molecular weight excluding hydrogens is 376 g/mol. The van der Waals surface area contributed by atoms with E-state index in [1.165, 1.54) is 0 Å². The molecule has 160 valence electrons. The zero-order chi connectivity index (χ0) is 21.3. The smallest absolute Gasteiger partial charge is 0.300 e. The lowest BCUT2D eigenvalue weighted by atomic mass is 9.68. The first-order valence-corrected chi connectivity index (χ1v) is 10.3. The predicted molar refractivity (Wildman–Crippen MR) is 107 cm³/mol. The average molecular weight is 406 g/mol. The Labute approximate surface area is 170 Å². The first-order chi connectivity index (χ1) is 13.7. The first-order valence-electron chi connectivity index (χ1n) is 10.3. The van der Waals surface area contributed by atoms with Gasteiger partial charge in [-0.3, -0.25) is 14.5 Å². The summed E-state index contributed by atoms with van der Waals surface area (Å²) in [4.78, 5) is 49.7. The third-order valence-corrected chi connectivity index (χ3v) is 7.10. The Morgan fingerprint density at radius 2 is 1.79 bits per heavy atom. The van der Waals surface area contributed by atoms with Gasteiger partial charge in [0, 0.05) is 43.2 Å². The van der Waals surface area contributed by atoms with Gasteiger partial charge in [-0.05, 0) is 43.4 Å². The molecule has 0 saturated carbocycles. The number of carbonyl (C=O) groups is 2. The molecule has 2 fully saturated rings. The predicted octanol–water partition coefficient (Wildman–Crippen LogP) is 2.30. The average Bonchev–Trinajstić information content (AvgIpc) is 2.72. The lowest BCUT2D eigenvalue weighted by Crippen LogP contribution is -2.60. The van der Waals surface area contributed by atoms with Gasteiger partial charge in [-0.1, -0.05) is 13.8 Å². The molecule has 5 unspecified atom stereocenters. The van der Waals surface area contributed by atoms with E-state index in [2.05, 4.69) is 10.4 Å². The molecule has 0 aromatic heterocycles. The second-order valence-corrected chi connectivity index (χ2v) is 8.81. The maximum atomic E-state index is 13.3. The van der Waals surface area contributed by atoms with Crippen LogP contribution in [-0.4, -0.2) is 66.0 Å². The van der Waals surface area contributed by atoms with Crippen LogP contribution in [0.5, 0.6) is 0 Å². The maximum Gasteiger partial charge on any atom is 0.300 e. The number of allylic oxidation sites excluding steroid dienone is 1. The normalized spacial score (nSPS) is 35.8. The van der Waals surface area contributed by atoms with Crippen LogP contribution in [0.3, 0.4) is 0 Å². The minimum atomic E-state index is -0.899. The van der Waals surface area contributed by atoms with E-state index in [4.69, 9.17) is 4.74 Å². The number of amides is 2. The van der Waals surface area contributed by atoms with Crippen LogP contribution in [0.4, 0.5) is 0 Å². The molecule has 9 heteroatoms. The van der Waals surface area contributed by atoms with Crippen LogP contribution in [-0.2, 0) is 14.3 Å². The third kappa shape index (κ3) is 4.02. The van der Waals surface area contributed by atoms with Crippen LogP contribution in [0, 0.1) is 27.6 Å². The molecule has 3 rings (SSSR count). The Bertz CT molecular complexity index is 730. The van der Waals surface area contributed by atoms with Gasteiger partial charge in [0.25, 0.3) is 11.8 Å². The number of hydrogen-bond donors (Lipinski definition) is 0. The van der Waals surface area contributed by atoms with Crippen molar-refractivity contribution in [3.8, 4) is 0 Å². The molecular formula is C20H30N4O5. The molecule has 5 atom stereocenters. The minimum absolute atomic E-state index is 0.00281. The quantitative estimate of drug-likeness (QED) is 0.663. The minimum Gasteiger partial charge on any atom is -0.361 e. The summed E-state index contributed by atoms with van der Waals surface area (Å²) in [5, 5.41) is 5.70. The van der Waals surface area contributed by atoms with Gasteiger partial charge in [0.2, 0.25) is 0 Å². The van der Waals surface area contributed by atoms with Gasteiger partial charge in [0.05, 0.1) is 18.3 Å². The van der Waals surface area contributed by atoms with Gasteiger partial charge in [-0.25, -0.2) is 0 Å². The number of fused-ring (bicyclic) bond motifs is 1. The third-order valence-electron chi connectivity index (χ3n) is 7.10. The molecule has 2 aliphatic heterocycles. The molecule has 3 aliphatic rings. The molecule has 2 amide bonds. The number of piperazine rings is 1. The van der Waals surface area contributed by atoms with Crippen molar-refractivity contribution in [3.05, 3.63) is 21.1 Å². The highest BCUT2D eigenvalue weighted by Crippen LogP contribution is 2.48. The Kier molecular flexibility index (Phi) is 6.28. The van der Waals surface area contributed by atoms with Crippen molar-refractivity contribution in [2.45, 2.75) is 52.2 Å². The molecule has 0 spiro atoms. The highest BCUT2D eigenvalue weighted by Gasteiger charge is 2.51. The molecule has 2 heterocycles. The molecule has 9 nitrogen and oxygen atoms in total. The van der Waals surface area contributed by atoms with Crippen molar-refractivity contribution < 1.29 is 14.3 Å². The van der Waals surface area contributed by atoms with Crippen LogP contribution in [0.2, 0.25) is 0 Å². The summed E-state index contributed by atoms with van der Waals surface area (Å²) < 4.78 is 6.45. The zero-order valence-corrected chi connectivity index (χ0v) is 17.6. The van der Waals surface area contributed by atoms with Crippen molar-refractivity contribution >= 4 is 11.8 Å². The number of ether oxygens (including phenoxy) is 1. The Morgan fingerprint density at radius 3 is 2.38 bits per heavy atom. The monoisotopic (exact) mass is 406 g/mol. The summed E-state index contributed by atoms with van der Waals surface area (Å²) in [6, 6.07) is 0. The van der Waals surface area contributed by atoms with E-state index in [1.54, 1.807) is 4.90 Å². The molecule has 0 aromatic carbocycles. The van der Waals surface area contributed by atoms with E-state index >= 15 is 0 Å². The molecule has 0 radical (unpaired) electrons. The van der Waals surface area contributed by atoms with Crippen molar-refractivity contribution in [2.75, 3.05) is 32.7 Å². The van der Waals surface area contributed by atoms with Gasteiger partial charge >= 0.3 is 0 Å². The fourth-order valence-electron chi connectivity index (χ4n) is 5.08. The molecule has 0 aromatic rings. The van der Waals surface area contributed by atoms with E-state index in [0.717, 1.165) is 12.0 Å². The summed E-state index contributed by atoms with van der Waals surface area (Å²) in [5.41, 5.74) is 0.685. The highest BCUT2D eigenvalue weighted by atomic mass is 16.5. The second kappa shape index (κ2) is 8.39. The summed E-state index contributed by atoms with van der Waals surface area (Å²) in [7, 11) is 0. The fraction of sp³-hybridized carbons (Fsp3) is 0.800. The number of rotatable bonds is 4. The fourth-order valence-corrected chi connectivity index (χ4v) is 5.08. The van der Waals surface area contributed by atoms with Crippen molar-refractivity contribution in [3.63, 3.8) is 0 Å². The summed E-state index contributed by atoms with van der Waals surface area (Å²) in [6.45, 7) is 9.88. The van der Waals surface area contributed by atoms with Gasteiger partial charge in [0.15, 0.2) is 0 Å². The summed E-state index contributed by atoms with van der Waals surface area (Å²) in [6.07, 6.45) is 1.29. The van der Waals surface area contributed by atoms with E-state index in [0.29, 0.717) is 38.3 Å². The molecule has 0 bridgehead atoms. The van der Waals surface area contributed by atoms with Gasteiger partial charge < -0.3 is 9.64 Å². The molecule has 2 saturated heterocycles. The summed E-state index contributed by atoms with van der Waals surface area (Å²) >= 11 is 0. The van der Waals surface area contributed by atoms with Crippen LogP contribution >= 0.6 is 0 Å². The number of nitroso groups, excluding NO2 is 2. The van der Waals surface area contributed by atoms with E-state index < -0.39 is 11.5 Å². The van der Waals surface area contributed by atoms with Crippen LogP contribution in [0.1, 0.15) is 40.5 Å². The molecule has 0 N–H and O–H groups in total. The largest absolute Gasteiger partial charge is 0.361 e. The van der Waals surface area contributed by atoms with Gasteiger partial charge in [0.1, 0.15) is 5.60 Å². The van der Waals surface area contributed by atoms with Crippen molar-refractivity contribution in [1.29, 1.82) is 0 Å². The highest BCUT2D eigenvalue weighted by molar-refractivity contribution is 5.85. The van der Waals surface area contributed by atoms with Crippen molar-refractivity contribution in [2.24, 2.45) is 28.1 Å². The lowest BCUT2D eigenvalue weighted by molar-refractivity contribution is -0.193. The zero-order valence-electron chi connectivity index (χ0n) is 17.6. The maximum absolute atomic E-state index is 13.3. The Hall–Kier alpha value is -2.00. The van der Waals surface area contributed by atoms with E-state index in [9.17, 15) is 19.4 Å². The van der Waals surface area contributed by atoms with Gasteiger partial charge in [-0.2, -0.15) is 0 Å². The second-order valence-electron chi connectivity index (χ2n) is 8.81. The number of carbonyl (C=O) groups excluding carboxylic acids is 2. The van der Waals surface area contributed by atoms with Crippen molar-refractivity contribution in [1.82, 2.24) is 9.80 Å². The Balaban J connectivity index is 1.67. The number of nitrogens with zero attached hydrogens (tertiary/aromatic N) is 4. The Morgan fingerprint density at radius 1 is 1.14 bits per heavy atom. The standard InChI is InChI=1S/C20H30N4O5/c1-12-13(2)18-15(14(3)17(12)22-28)5-6-20(4,29-18)19(26)24-9-7-23(8-10-24)11-16(25)21-27/h13-15,18H,5-11H2,1-4H3. The summed E-state index contributed by atoms with van der Waals surface area (Å²) in [5.74, 6) is -0.473. The SMILES string of the molecule is CC1=C(N=O)C(C)C2CCC(C)(C(=O)N3CCN(CC(=O)N=O)CC3)OC2C1C. The van der Waals surface area contributed by atoms with E-state index in [-0.39, 0.29) is 36.3 Å². The molecule has 29 heavy (non-hydrogen) atoms. The topological polar surface area (TPSA) is 109 Å².